The summed E-state index contributed by atoms with van der Waals surface area (Å²) in [6, 6.07) is 0. The SMILES string of the molecule is CCCc1[nH]nc(C(=O)NCCC2=CCCC2)c1N. The molecule has 1 aromatic rings. The summed E-state index contributed by atoms with van der Waals surface area (Å²) in [5.41, 5.74) is 9.03. The van der Waals surface area contributed by atoms with Gasteiger partial charge in [0.1, 0.15) is 0 Å². The highest BCUT2D eigenvalue weighted by molar-refractivity contribution is 5.97. The number of H-pyrrole nitrogens is 1. The van der Waals surface area contributed by atoms with Crippen LogP contribution in [0, 0.1) is 0 Å². The van der Waals surface area contributed by atoms with Gasteiger partial charge in [-0.1, -0.05) is 25.0 Å². The van der Waals surface area contributed by atoms with Crippen LogP contribution in [0.25, 0.3) is 0 Å². The molecular weight excluding hydrogens is 240 g/mol. The molecule has 5 heteroatoms. The second kappa shape index (κ2) is 6.41. The first-order valence-electron chi connectivity index (χ1n) is 7.01. The smallest absolute Gasteiger partial charge is 0.273 e. The van der Waals surface area contributed by atoms with E-state index >= 15 is 0 Å². The monoisotopic (exact) mass is 262 g/mol. The molecule has 1 aromatic heterocycles. The molecule has 0 radical (unpaired) electrons. The van der Waals surface area contributed by atoms with Crippen LogP contribution in [0.15, 0.2) is 11.6 Å². The summed E-state index contributed by atoms with van der Waals surface area (Å²) in [5.74, 6) is -0.185. The summed E-state index contributed by atoms with van der Waals surface area (Å²) in [4.78, 5) is 12.0. The van der Waals surface area contributed by atoms with Gasteiger partial charge in [-0.25, -0.2) is 0 Å². The van der Waals surface area contributed by atoms with Crippen molar-refractivity contribution in [3.8, 4) is 0 Å². The van der Waals surface area contributed by atoms with Crippen LogP contribution in [0.3, 0.4) is 0 Å². The van der Waals surface area contributed by atoms with E-state index in [9.17, 15) is 4.79 Å². The number of aryl methyl sites for hydroxylation is 1. The zero-order valence-electron chi connectivity index (χ0n) is 11.5. The highest BCUT2D eigenvalue weighted by Crippen LogP contribution is 2.20. The maximum absolute atomic E-state index is 12.0. The van der Waals surface area contributed by atoms with Crippen LogP contribution in [-0.2, 0) is 6.42 Å². The Kier molecular flexibility index (Phi) is 4.60. The third-order valence-corrected chi connectivity index (χ3v) is 3.46. The first kappa shape index (κ1) is 13.6. The lowest BCUT2D eigenvalue weighted by molar-refractivity contribution is 0.0950. The molecule has 104 valence electrons. The van der Waals surface area contributed by atoms with Crippen LogP contribution in [0.1, 0.15) is 55.2 Å². The molecular formula is C14H22N4O. The fourth-order valence-corrected chi connectivity index (χ4v) is 2.39. The van der Waals surface area contributed by atoms with Gasteiger partial charge in [-0.2, -0.15) is 5.10 Å². The first-order valence-corrected chi connectivity index (χ1v) is 7.01. The van der Waals surface area contributed by atoms with Gasteiger partial charge in [0.15, 0.2) is 5.69 Å². The molecule has 0 aromatic carbocycles. The Hall–Kier alpha value is -1.78. The Balaban J connectivity index is 1.85. The van der Waals surface area contributed by atoms with Crippen molar-refractivity contribution in [2.75, 3.05) is 12.3 Å². The van der Waals surface area contributed by atoms with Gasteiger partial charge in [0.2, 0.25) is 0 Å². The van der Waals surface area contributed by atoms with Crippen molar-refractivity contribution in [1.29, 1.82) is 0 Å². The zero-order valence-corrected chi connectivity index (χ0v) is 11.5. The van der Waals surface area contributed by atoms with E-state index in [2.05, 4.69) is 28.5 Å². The van der Waals surface area contributed by atoms with Gasteiger partial charge >= 0.3 is 0 Å². The number of hydrogen-bond acceptors (Lipinski definition) is 3. The molecule has 0 saturated carbocycles. The van der Waals surface area contributed by atoms with Gasteiger partial charge in [0, 0.05) is 6.54 Å². The predicted octanol–water partition coefficient (Wildman–Crippen LogP) is 2.17. The van der Waals surface area contributed by atoms with Crippen molar-refractivity contribution in [1.82, 2.24) is 15.5 Å². The summed E-state index contributed by atoms with van der Waals surface area (Å²) in [5, 5.41) is 9.73. The van der Waals surface area contributed by atoms with Gasteiger partial charge in [-0.3, -0.25) is 9.89 Å². The van der Waals surface area contributed by atoms with Crippen molar-refractivity contribution < 1.29 is 4.79 Å². The number of carbonyl (C=O) groups is 1. The minimum Gasteiger partial charge on any atom is -0.395 e. The Bertz CT molecular complexity index is 476. The van der Waals surface area contributed by atoms with Crippen molar-refractivity contribution in [2.24, 2.45) is 0 Å². The molecule has 0 spiro atoms. The predicted molar refractivity (Wildman–Crippen MR) is 75.9 cm³/mol. The lowest BCUT2D eigenvalue weighted by Gasteiger charge is -2.04. The van der Waals surface area contributed by atoms with Crippen LogP contribution in [0.5, 0.6) is 0 Å². The number of carbonyl (C=O) groups excluding carboxylic acids is 1. The Morgan fingerprint density at radius 3 is 3.05 bits per heavy atom. The topological polar surface area (TPSA) is 83.8 Å². The van der Waals surface area contributed by atoms with Crippen LogP contribution in [0.2, 0.25) is 0 Å². The minimum absolute atomic E-state index is 0.185. The number of nitrogens with one attached hydrogen (secondary N) is 2. The van der Waals surface area contributed by atoms with E-state index in [1.54, 1.807) is 0 Å². The van der Waals surface area contributed by atoms with E-state index in [1.807, 2.05) is 0 Å². The third-order valence-electron chi connectivity index (χ3n) is 3.46. The average Bonchev–Trinajstić information content (AvgIpc) is 3.01. The lowest BCUT2D eigenvalue weighted by Crippen LogP contribution is -2.25. The molecule has 1 amide bonds. The maximum atomic E-state index is 12.0. The Labute approximate surface area is 113 Å². The third kappa shape index (κ3) is 3.36. The normalized spacial score (nSPS) is 14.5. The molecule has 0 fully saturated rings. The highest BCUT2D eigenvalue weighted by Gasteiger charge is 2.16. The van der Waals surface area contributed by atoms with Gasteiger partial charge in [0.25, 0.3) is 5.91 Å². The molecule has 19 heavy (non-hydrogen) atoms. The van der Waals surface area contributed by atoms with E-state index in [0.717, 1.165) is 25.0 Å². The molecule has 1 heterocycles. The van der Waals surface area contributed by atoms with E-state index in [-0.39, 0.29) is 5.91 Å². The van der Waals surface area contributed by atoms with Crippen LogP contribution >= 0.6 is 0 Å². The number of anilines is 1. The summed E-state index contributed by atoms with van der Waals surface area (Å²) >= 11 is 0. The van der Waals surface area contributed by atoms with E-state index in [0.29, 0.717) is 17.9 Å². The van der Waals surface area contributed by atoms with Crippen LogP contribution in [-0.4, -0.2) is 22.6 Å². The fraction of sp³-hybridized carbons (Fsp3) is 0.571. The fourth-order valence-electron chi connectivity index (χ4n) is 2.39. The molecule has 0 saturated heterocycles. The lowest BCUT2D eigenvalue weighted by atomic mass is 10.1. The van der Waals surface area contributed by atoms with Gasteiger partial charge in [0.05, 0.1) is 11.4 Å². The molecule has 0 atom stereocenters. The number of nitrogens with zero attached hydrogens (tertiary/aromatic N) is 1. The number of hydrogen-bond donors (Lipinski definition) is 3. The zero-order chi connectivity index (χ0) is 13.7. The van der Waals surface area contributed by atoms with Crippen molar-refractivity contribution >= 4 is 11.6 Å². The van der Waals surface area contributed by atoms with Crippen molar-refractivity contribution in [3.05, 3.63) is 23.0 Å². The highest BCUT2D eigenvalue weighted by atomic mass is 16.1. The number of nitrogen functional groups attached to an aromatic ring is 1. The maximum Gasteiger partial charge on any atom is 0.273 e. The standard InChI is InChI=1S/C14H22N4O/c1-2-5-11-12(15)13(18-17-11)14(19)16-9-8-10-6-3-4-7-10/h6H,2-5,7-9,15H2,1H3,(H,16,19)(H,17,18). The van der Waals surface area contributed by atoms with E-state index in [4.69, 9.17) is 5.73 Å². The second-order valence-electron chi connectivity index (χ2n) is 4.97. The van der Waals surface area contributed by atoms with Crippen molar-refractivity contribution in [2.45, 2.75) is 45.4 Å². The Morgan fingerprint density at radius 2 is 2.37 bits per heavy atom. The summed E-state index contributed by atoms with van der Waals surface area (Å²) in [7, 11) is 0. The van der Waals surface area contributed by atoms with Crippen LogP contribution < -0.4 is 11.1 Å². The molecule has 5 nitrogen and oxygen atoms in total. The quantitative estimate of drug-likeness (QED) is 0.687. The number of amides is 1. The second-order valence-corrected chi connectivity index (χ2v) is 4.97. The van der Waals surface area contributed by atoms with Crippen molar-refractivity contribution in [3.63, 3.8) is 0 Å². The summed E-state index contributed by atoms with van der Waals surface area (Å²) in [6.07, 6.45) is 8.58. The molecule has 0 bridgehead atoms. The molecule has 4 N–H and O–H groups in total. The van der Waals surface area contributed by atoms with E-state index < -0.39 is 0 Å². The van der Waals surface area contributed by atoms with E-state index in [1.165, 1.54) is 24.8 Å². The number of aromatic amines is 1. The molecule has 1 aliphatic rings. The molecule has 0 aliphatic heterocycles. The van der Waals surface area contributed by atoms with Gasteiger partial charge in [-0.05, 0) is 32.1 Å². The number of allylic oxidation sites excluding steroid dienone is 1. The molecule has 1 aliphatic carbocycles. The largest absolute Gasteiger partial charge is 0.395 e. The van der Waals surface area contributed by atoms with Gasteiger partial charge in [-0.15, -0.1) is 0 Å². The first-order chi connectivity index (χ1) is 9.22. The minimum atomic E-state index is -0.185. The average molecular weight is 262 g/mol. The number of aromatic nitrogens is 2. The summed E-state index contributed by atoms with van der Waals surface area (Å²) < 4.78 is 0. The number of rotatable bonds is 6. The van der Waals surface area contributed by atoms with Crippen LogP contribution in [0.4, 0.5) is 5.69 Å². The molecule has 2 rings (SSSR count). The molecule has 0 unspecified atom stereocenters. The van der Waals surface area contributed by atoms with Gasteiger partial charge < -0.3 is 11.1 Å². The summed E-state index contributed by atoms with van der Waals surface area (Å²) in [6.45, 7) is 2.72. The number of nitrogens with two attached hydrogens (primary N) is 1. The Morgan fingerprint density at radius 1 is 1.53 bits per heavy atom.